The van der Waals surface area contributed by atoms with Crippen LogP contribution >= 0.6 is 0 Å². The average Bonchev–Trinajstić information content (AvgIpc) is 2.92. The molecule has 0 aliphatic heterocycles. The van der Waals surface area contributed by atoms with E-state index in [-0.39, 0.29) is 12.1 Å². The van der Waals surface area contributed by atoms with Crippen molar-refractivity contribution in [3.05, 3.63) is 11.6 Å². The Labute approximate surface area is 158 Å². The number of nitrogens with zero attached hydrogens (tertiary/aromatic N) is 1. The standard InChI is InChI=1S/C23H33NO2/c1-15(25)26-18-8-11-23(3)17(14-18)4-6-19-20-7-5-16(10-13-24)22(20,2)12-9-21(19)23/h4,16,18-21H,5-12,14H2,1-3H3/t16-,18?,19+,20+,21+,22-,23+/m1/s1. The van der Waals surface area contributed by atoms with Gasteiger partial charge in [-0.2, -0.15) is 5.26 Å². The van der Waals surface area contributed by atoms with Gasteiger partial charge in [-0.3, -0.25) is 4.79 Å². The van der Waals surface area contributed by atoms with Crippen LogP contribution < -0.4 is 0 Å². The van der Waals surface area contributed by atoms with E-state index in [1.54, 1.807) is 5.57 Å². The summed E-state index contributed by atoms with van der Waals surface area (Å²) < 4.78 is 5.54. The fourth-order valence-electron chi connectivity index (χ4n) is 7.52. The van der Waals surface area contributed by atoms with Crippen molar-refractivity contribution >= 4 is 5.97 Å². The summed E-state index contributed by atoms with van der Waals surface area (Å²) in [6.45, 7) is 6.50. The Kier molecular flexibility index (Phi) is 4.45. The molecule has 0 aromatic heterocycles. The molecule has 3 fully saturated rings. The van der Waals surface area contributed by atoms with Crippen LogP contribution in [0.1, 0.15) is 78.6 Å². The van der Waals surface area contributed by atoms with E-state index in [4.69, 9.17) is 4.74 Å². The van der Waals surface area contributed by atoms with E-state index in [1.807, 2.05) is 0 Å². The molecule has 0 aromatic carbocycles. The maximum Gasteiger partial charge on any atom is 0.302 e. The van der Waals surface area contributed by atoms with Crippen LogP contribution in [0.4, 0.5) is 0 Å². The molecule has 3 saturated carbocycles. The lowest BCUT2D eigenvalue weighted by Crippen LogP contribution is -2.50. The monoisotopic (exact) mass is 355 g/mol. The molecule has 0 aromatic rings. The zero-order chi connectivity index (χ0) is 18.5. The minimum atomic E-state index is -0.143. The second-order valence-corrected chi connectivity index (χ2v) is 9.91. The van der Waals surface area contributed by atoms with Gasteiger partial charge >= 0.3 is 5.97 Å². The maximum atomic E-state index is 11.4. The third kappa shape index (κ3) is 2.63. The summed E-state index contributed by atoms with van der Waals surface area (Å²) in [4.78, 5) is 11.4. The van der Waals surface area contributed by atoms with Gasteiger partial charge in [0.25, 0.3) is 0 Å². The van der Waals surface area contributed by atoms with Gasteiger partial charge in [-0.25, -0.2) is 0 Å². The highest BCUT2D eigenvalue weighted by atomic mass is 16.5. The first-order chi connectivity index (χ1) is 12.4. The van der Waals surface area contributed by atoms with Crippen molar-refractivity contribution in [3.8, 4) is 6.07 Å². The van der Waals surface area contributed by atoms with Crippen LogP contribution in [0.5, 0.6) is 0 Å². The van der Waals surface area contributed by atoms with E-state index >= 15 is 0 Å². The van der Waals surface area contributed by atoms with Gasteiger partial charge in [0.15, 0.2) is 0 Å². The maximum absolute atomic E-state index is 11.4. The third-order valence-corrected chi connectivity index (χ3v) is 8.93. The van der Waals surface area contributed by atoms with Gasteiger partial charge in [-0.15, -0.1) is 0 Å². The first-order valence-corrected chi connectivity index (χ1v) is 10.6. The van der Waals surface area contributed by atoms with E-state index < -0.39 is 0 Å². The summed E-state index contributed by atoms with van der Waals surface area (Å²) in [5, 5.41) is 9.25. The molecule has 1 unspecified atom stereocenters. The molecule has 7 atom stereocenters. The van der Waals surface area contributed by atoms with Gasteiger partial charge in [0.2, 0.25) is 0 Å². The summed E-state index contributed by atoms with van der Waals surface area (Å²) in [6, 6.07) is 2.46. The van der Waals surface area contributed by atoms with Crippen LogP contribution in [-0.4, -0.2) is 12.1 Å². The number of carbonyl (C=O) groups is 1. The van der Waals surface area contributed by atoms with Crippen LogP contribution in [-0.2, 0) is 9.53 Å². The highest BCUT2D eigenvalue weighted by Crippen LogP contribution is 2.66. The van der Waals surface area contributed by atoms with Crippen LogP contribution in [0.25, 0.3) is 0 Å². The van der Waals surface area contributed by atoms with Crippen LogP contribution in [0, 0.1) is 45.8 Å². The molecule has 0 radical (unpaired) electrons. The quantitative estimate of drug-likeness (QED) is 0.491. The highest BCUT2D eigenvalue weighted by Gasteiger charge is 2.58. The van der Waals surface area contributed by atoms with Gasteiger partial charge in [0.1, 0.15) is 6.10 Å². The Balaban J connectivity index is 1.57. The number of hydrogen-bond donors (Lipinski definition) is 0. The number of hydrogen-bond acceptors (Lipinski definition) is 3. The van der Waals surface area contributed by atoms with Crippen molar-refractivity contribution in [2.75, 3.05) is 0 Å². The van der Waals surface area contributed by atoms with Crippen LogP contribution in [0.2, 0.25) is 0 Å². The lowest BCUT2D eigenvalue weighted by Gasteiger charge is -2.58. The molecule has 0 spiro atoms. The molecular weight excluding hydrogens is 322 g/mol. The second-order valence-electron chi connectivity index (χ2n) is 9.91. The lowest BCUT2D eigenvalue weighted by molar-refractivity contribution is -0.148. The third-order valence-electron chi connectivity index (χ3n) is 8.93. The van der Waals surface area contributed by atoms with Crippen molar-refractivity contribution in [2.45, 2.75) is 84.7 Å². The second kappa shape index (κ2) is 6.39. The largest absolute Gasteiger partial charge is 0.462 e. The van der Waals surface area contributed by atoms with E-state index in [9.17, 15) is 10.1 Å². The molecule has 0 saturated heterocycles. The molecule has 0 amide bonds. The number of carbonyl (C=O) groups excluding carboxylic acids is 1. The molecule has 3 heteroatoms. The number of nitriles is 1. The number of rotatable bonds is 2. The first-order valence-electron chi connectivity index (χ1n) is 10.6. The first kappa shape index (κ1) is 18.1. The summed E-state index contributed by atoms with van der Waals surface area (Å²) >= 11 is 0. The lowest BCUT2D eigenvalue weighted by atomic mass is 9.47. The highest BCUT2D eigenvalue weighted by molar-refractivity contribution is 5.66. The number of esters is 1. The molecule has 4 rings (SSSR count). The van der Waals surface area contributed by atoms with E-state index in [0.717, 1.165) is 43.4 Å². The van der Waals surface area contributed by atoms with Crippen molar-refractivity contribution in [3.63, 3.8) is 0 Å². The smallest absolute Gasteiger partial charge is 0.302 e. The zero-order valence-corrected chi connectivity index (χ0v) is 16.6. The van der Waals surface area contributed by atoms with Gasteiger partial charge in [0.05, 0.1) is 6.07 Å². The molecular formula is C23H33NO2. The minimum Gasteiger partial charge on any atom is -0.462 e. The zero-order valence-electron chi connectivity index (χ0n) is 16.6. The average molecular weight is 356 g/mol. The Morgan fingerprint density at radius 3 is 2.77 bits per heavy atom. The number of ether oxygens (including phenoxy) is 1. The van der Waals surface area contributed by atoms with Gasteiger partial charge in [-0.05, 0) is 79.4 Å². The summed E-state index contributed by atoms with van der Waals surface area (Å²) in [5.74, 6) is 2.82. The van der Waals surface area contributed by atoms with E-state index in [1.165, 1.54) is 39.0 Å². The fourth-order valence-corrected chi connectivity index (χ4v) is 7.52. The van der Waals surface area contributed by atoms with Crippen LogP contribution in [0.15, 0.2) is 11.6 Å². The predicted octanol–water partition coefficient (Wildman–Crippen LogP) is 5.41. The normalized spacial score (nSPS) is 47.0. The Bertz CT molecular complexity index is 662. The SMILES string of the molecule is CC(=O)OC1CC[C@@]2(C)C(=CC[C@H]3[C@@H]4CC[C@H](CC#N)[C@@]4(C)CC[C@@H]32)C1. The van der Waals surface area contributed by atoms with Crippen molar-refractivity contribution in [2.24, 2.45) is 34.5 Å². The van der Waals surface area contributed by atoms with Crippen molar-refractivity contribution < 1.29 is 9.53 Å². The van der Waals surface area contributed by atoms with E-state index in [0.29, 0.717) is 16.7 Å². The summed E-state index contributed by atoms with van der Waals surface area (Å²) in [6.07, 6.45) is 12.8. The topological polar surface area (TPSA) is 50.1 Å². The van der Waals surface area contributed by atoms with Gasteiger partial charge < -0.3 is 4.74 Å². The molecule has 142 valence electrons. The Morgan fingerprint density at radius 2 is 2.04 bits per heavy atom. The fraction of sp³-hybridized carbons (Fsp3) is 0.826. The Morgan fingerprint density at radius 1 is 1.23 bits per heavy atom. The predicted molar refractivity (Wildman–Crippen MR) is 101 cm³/mol. The molecule has 4 aliphatic rings. The van der Waals surface area contributed by atoms with Gasteiger partial charge in [0, 0.05) is 19.8 Å². The molecule has 4 aliphatic carbocycles. The molecule has 0 heterocycles. The van der Waals surface area contributed by atoms with E-state index in [2.05, 4.69) is 26.0 Å². The molecule has 3 nitrogen and oxygen atoms in total. The molecule has 0 bridgehead atoms. The van der Waals surface area contributed by atoms with Gasteiger partial charge in [-0.1, -0.05) is 25.5 Å². The summed E-state index contributed by atoms with van der Waals surface area (Å²) in [5.41, 5.74) is 2.24. The number of fused-ring (bicyclic) bond motifs is 5. The summed E-state index contributed by atoms with van der Waals surface area (Å²) in [7, 11) is 0. The number of allylic oxidation sites excluding steroid dienone is 1. The van der Waals surface area contributed by atoms with Crippen LogP contribution in [0.3, 0.4) is 0 Å². The molecule has 26 heavy (non-hydrogen) atoms. The van der Waals surface area contributed by atoms with Crippen molar-refractivity contribution in [1.82, 2.24) is 0 Å². The molecule has 0 N–H and O–H groups in total. The minimum absolute atomic E-state index is 0.0868. The Hall–Kier alpha value is -1.30. The van der Waals surface area contributed by atoms with Crippen molar-refractivity contribution in [1.29, 1.82) is 5.26 Å².